The van der Waals surface area contributed by atoms with Crippen LogP contribution in [0.25, 0.3) is 0 Å². The Balaban J connectivity index is 1.71. The molecule has 0 fully saturated rings. The molecule has 2 heterocycles. The summed E-state index contributed by atoms with van der Waals surface area (Å²) >= 11 is 14.0. The van der Waals surface area contributed by atoms with Gasteiger partial charge in [-0.25, -0.2) is 4.79 Å². The van der Waals surface area contributed by atoms with Crippen LogP contribution in [0.3, 0.4) is 0 Å². The summed E-state index contributed by atoms with van der Waals surface area (Å²) in [7, 11) is 0. The lowest BCUT2D eigenvalue weighted by molar-refractivity contribution is -0.133. The van der Waals surface area contributed by atoms with Gasteiger partial charge < -0.3 is 9.94 Å². The smallest absolute Gasteiger partial charge is 0.332 e. The van der Waals surface area contributed by atoms with E-state index >= 15 is 0 Å². The number of benzene rings is 1. The van der Waals surface area contributed by atoms with Gasteiger partial charge in [-0.15, -0.1) is 11.3 Å². The van der Waals surface area contributed by atoms with E-state index in [-0.39, 0.29) is 0 Å². The summed E-state index contributed by atoms with van der Waals surface area (Å²) in [5, 5.41) is 16.6. The highest BCUT2D eigenvalue weighted by Crippen LogP contribution is 2.27. The Labute approximate surface area is 177 Å². The highest BCUT2D eigenvalue weighted by atomic mass is 35.5. The van der Waals surface area contributed by atoms with Crippen LogP contribution in [0.4, 0.5) is 0 Å². The average molecular weight is 439 g/mol. The number of halogens is 2. The first-order chi connectivity index (χ1) is 13.5. The average Bonchev–Trinajstić information content (AvgIpc) is 3.08. The van der Waals surface area contributed by atoms with Gasteiger partial charge in [-0.05, 0) is 48.6 Å². The predicted molar refractivity (Wildman–Crippen MR) is 114 cm³/mol. The molecule has 0 saturated carbocycles. The van der Waals surface area contributed by atoms with Crippen LogP contribution in [0.1, 0.15) is 22.4 Å². The number of carboxylic acid groups (broad SMARTS) is 1. The number of aliphatic carboxylic acids is 1. The zero-order valence-electron chi connectivity index (χ0n) is 15.3. The normalized spacial score (nSPS) is 15.4. The van der Waals surface area contributed by atoms with E-state index in [1.54, 1.807) is 29.5 Å². The molecule has 148 valence electrons. The highest BCUT2D eigenvalue weighted by molar-refractivity contribution is 7.12. The van der Waals surface area contributed by atoms with Crippen LogP contribution in [-0.2, 0) is 9.63 Å². The molecule has 0 amide bonds. The van der Waals surface area contributed by atoms with Gasteiger partial charge in [0.2, 0.25) is 0 Å². The second-order valence-electron chi connectivity index (χ2n) is 6.43. The van der Waals surface area contributed by atoms with Gasteiger partial charge in [0.15, 0.2) is 0 Å². The lowest BCUT2D eigenvalue weighted by Crippen LogP contribution is -2.34. The Kier molecular flexibility index (Phi) is 7.13. The minimum atomic E-state index is -0.864. The Morgan fingerprint density at radius 1 is 1.36 bits per heavy atom. The molecule has 1 aliphatic heterocycles. The van der Waals surface area contributed by atoms with Gasteiger partial charge in [-0.2, -0.15) is 0 Å². The maximum Gasteiger partial charge on any atom is 0.332 e. The van der Waals surface area contributed by atoms with E-state index < -0.39 is 5.97 Å². The van der Waals surface area contributed by atoms with E-state index in [1.165, 1.54) is 0 Å². The first-order valence-electron chi connectivity index (χ1n) is 8.80. The molecule has 0 atom stereocenters. The van der Waals surface area contributed by atoms with E-state index in [4.69, 9.17) is 33.1 Å². The van der Waals surface area contributed by atoms with Crippen molar-refractivity contribution in [1.29, 1.82) is 0 Å². The van der Waals surface area contributed by atoms with Crippen molar-refractivity contribution in [1.82, 2.24) is 4.90 Å². The molecule has 3 rings (SSSR count). The highest BCUT2D eigenvalue weighted by Gasteiger charge is 2.18. The fourth-order valence-corrected chi connectivity index (χ4v) is 4.36. The topological polar surface area (TPSA) is 62.1 Å². The molecule has 28 heavy (non-hydrogen) atoms. The molecular formula is C20H20Cl2N2O3S. The number of thiophene rings is 1. The molecule has 1 N–H and O–H groups in total. The Bertz CT molecular complexity index is 924. The van der Waals surface area contributed by atoms with Gasteiger partial charge in [-0.3, -0.25) is 4.90 Å². The predicted octanol–water partition coefficient (Wildman–Crippen LogP) is 4.85. The first-order valence-corrected chi connectivity index (χ1v) is 10.4. The lowest BCUT2D eigenvalue weighted by atomic mass is 10.1. The maximum absolute atomic E-state index is 11.1. The van der Waals surface area contributed by atoms with Gasteiger partial charge in [0.05, 0.1) is 9.90 Å². The lowest BCUT2D eigenvalue weighted by Gasteiger charge is -2.24. The standard InChI is InChI=1S/C20H20Cl2N2O3S/c1-13-6-10-28-19(13)18(16-5-4-15(21)11-17(16)22)23-27-9-8-24-7-2-3-14(12-24)20(25)26/h3-6,10-11H,2,7-9,12H2,1H3,(H,25,26)/b23-18-. The zero-order valence-corrected chi connectivity index (χ0v) is 17.7. The number of nitrogens with zero attached hydrogens (tertiary/aromatic N) is 2. The van der Waals surface area contributed by atoms with Gasteiger partial charge in [0.25, 0.3) is 0 Å². The molecule has 0 unspecified atom stereocenters. The third-order valence-electron chi connectivity index (χ3n) is 4.42. The number of hydrogen-bond acceptors (Lipinski definition) is 5. The monoisotopic (exact) mass is 438 g/mol. The second kappa shape index (κ2) is 9.56. The van der Waals surface area contributed by atoms with Crippen LogP contribution in [0.2, 0.25) is 10.0 Å². The molecule has 0 aliphatic carbocycles. The van der Waals surface area contributed by atoms with Crippen LogP contribution >= 0.6 is 34.5 Å². The first kappa shape index (κ1) is 20.9. The molecule has 8 heteroatoms. The van der Waals surface area contributed by atoms with E-state index in [2.05, 4.69) is 5.16 Å². The van der Waals surface area contributed by atoms with Gasteiger partial charge >= 0.3 is 5.97 Å². The number of carboxylic acids is 1. The molecule has 0 spiro atoms. The SMILES string of the molecule is Cc1ccsc1/C(=N\OCCN1CCC=C(C(=O)O)C1)c1ccc(Cl)cc1Cl. The summed E-state index contributed by atoms with van der Waals surface area (Å²) < 4.78 is 0. The van der Waals surface area contributed by atoms with E-state index in [1.807, 2.05) is 29.3 Å². The molecule has 1 aliphatic rings. The van der Waals surface area contributed by atoms with Gasteiger partial charge in [0.1, 0.15) is 12.3 Å². The quantitative estimate of drug-likeness (QED) is 0.381. The summed E-state index contributed by atoms with van der Waals surface area (Å²) in [4.78, 5) is 19.8. The zero-order chi connectivity index (χ0) is 20.1. The van der Waals surface area contributed by atoms with Crippen LogP contribution in [0, 0.1) is 6.92 Å². The van der Waals surface area contributed by atoms with Crippen LogP contribution in [0.15, 0.2) is 46.5 Å². The largest absolute Gasteiger partial charge is 0.478 e. The maximum atomic E-state index is 11.1. The summed E-state index contributed by atoms with van der Waals surface area (Å²) in [5.74, 6) is -0.864. The Hall–Kier alpha value is -1.86. The Morgan fingerprint density at radius 2 is 2.18 bits per heavy atom. The van der Waals surface area contributed by atoms with Crippen molar-refractivity contribution in [2.75, 3.05) is 26.2 Å². The number of oxime groups is 1. The summed E-state index contributed by atoms with van der Waals surface area (Å²) in [6, 6.07) is 7.31. The van der Waals surface area contributed by atoms with Crippen LogP contribution in [0.5, 0.6) is 0 Å². The molecule has 0 saturated heterocycles. The van der Waals surface area contributed by atoms with Crippen molar-refractivity contribution in [3.63, 3.8) is 0 Å². The van der Waals surface area contributed by atoms with Crippen LogP contribution < -0.4 is 0 Å². The number of rotatable bonds is 7. The second-order valence-corrected chi connectivity index (χ2v) is 8.19. The van der Waals surface area contributed by atoms with Crippen molar-refractivity contribution in [3.8, 4) is 0 Å². The molecule has 0 bridgehead atoms. The number of hydrogen-bond donors (Lipinski definition) is 1. The minimum Gasteiger partial charge on any atom is -0.478 e. The molecule has 1 aromatic carbocycles. The molecule has 1 aromatic heterocycles. The summed E-state index contributed by atoms with van der Waals surface area (Å²) in [5.41, 5.74) is 2.94. The van der Waals surface area contributed by atoms with Gasteiger partial charge in [-0.1, -0.05) is 34.4 Å². The number of aryl methyl sites for hydroxylation is 1. The fraction of sp³-hybridized carbons (Fsp3) is 0.300. The summed E-state index contributed by atoms with van der Waals surface area (Å²) in [6.07, 6.45) is 2.50. The molecule has 2 aromatic rings. The third-order valence-corrected chi connectivity index (χ3v) is 5.99. The van der Waals surface area contributed by atoms with Crippen molar-refractivity contribution >= 4 is 46.2 Å². The molecule has 0 radical (unpaired) electrons. The molecular weight excluding hydrogens is 419 g/mol. The van der Waals surface area contributed by atoms with E-state index in [9.17, 15) is 4.79 Å². The fourth-order valence-electron chi connectivity index (χ4n) is 2.94. The summed E-state index contributed by atoms with van der Waals surface area (Å²) in [6.45, 7) is 4.19. The van der Waals surface area contributed by atoms with Crippen molar-refractivity contribution in [3.05, 3.63) is 67.3 Å². The Morgan fingerprint density at radius 3 is 2.86 bits per heavy atom. The molecule has 5 nitrogen and oxygen atoms in total. The van der Waals surface area contributed by atoms with E-state index in [0.29, 0.717) is 41.0 Å². The van der Waals surface area contributed by atoms with E-state index in [0.717, 1.165) is 29.0 Å². The van der Waals surface area contributed by atoms with Gasteiger partial charge in [0, 0.05) is 35.8 Å². The number of carbonyl (C=O) groups is 1. The minimum absolute atomic E-state index is 0.353. The van der Waals surface area contributed by atoms with Crippen LogP contribution in [-0.4, -0.2) is 47.9 Å². The van der Waals surface area contributed by atoms with Crippen molar-refractivity contribution < 1.29 is 14.7 Å². The van der Waals surface area contributed by atoms with Crippen molar-refractivity contribution in [2.24, 2.45) is 5.16 Å². The third kappa shape index (κ3) is 5.14. The van der Waals surface area contributed by atoms with Crippen molar-refractivity contribution in [2.45, 2.75) is 13.3 Å².